The third-order valence-corrected chi connectivity index (χ3v) is 19.8. The number of aromatic nitrogens is 12. The van der Waals surface area contributed by atoms with Gasteiger partial charge in [-0.2, -0.15) is 0 Å². The monoisotopic (exact) mass is 1310 g/mol. The van der Waals surface area contributed by atoms with Crippen molar-refractivity contribution >= 4 is 90.5 Å². The summed E-state index contributed by atoms with van der Waals surface area (Å²) >= 11 is 0. The molecule has 14 aromatic rings. The molecule has 8 aromatic carbocycles. The summed E-state index contributed by atoms with van der Waals surface area (Å²) in [6, 6.07) is 74.1. The summed E-state index contributed by atoms with van der Waals surface area (Å²) in [5, 5.41) is 3.44. The summed E-state index contributed by atoms with van der Waals surface area (Å²) in [5.41, 5.74) is 24.6. The number of nitrogens with zero attached hydrogens (tertiary/aromatic N) is 8. The van der Waals surface area contributed by atoms with E-state index in [2.05, 4.69) is 216 Å². The van der Waals surface area contributed by atoms with Crippen molar-refractivity contribution in [2.24, 2.45) is 0 Å². The van der Waals surface area contributed by atoms with Crippen molar-refractivity contribution in [3.8, 4) is 102 Å². The molecular weight excluding hydrogens is 1240 g/mol. The molecule has 0 unspecified atom stereocenters. The zero-order valence-corrected chi connectivity index (χ0v) is 57.5. The Balaban J connectivity index is 0.808. The second kappa shape index (κ2) is 23.1. The molecule has 0 aliphatic carbocycles. The van der Waals surface area contributed by atoms with E-state index in [1.165, 1.54) is 16.7 Å². The van der Waals surface area contributed by atoms with Crippen molar-refractivity contribution in [3.05, 3.63) is 252 Å². The molecule has 10 heterocycles. The third-order valence-electron chi connectivity index (χ3n) is 19.8. The molecule has 4 aliphatic rings. The normalized spacial score (nSPS) is 12.7. The van der Waals surface area contributed by atoms with Gasteiger partial charge >= 0.3 is 0 Å². The highest BCUT2D eigenvalue weighted by Gasteiger charge is 2.26. The Morgan fingerprint density at radius 3 is 0.871 bits per heavy atom. The first-order valence-electron chi connectivity index (χ1n) is 34.4. The van der Waals surface area contributed by atoms with Gasteiger partial charge < -0.3 is 24.7 Å². The average molecular weight is 1310 g/mol. The van der Waals surface area contributed by atoms with Crippen LogP contribution in [0.3, 0.4) is 0 Å². The molecule has 18 rings (SSSR count). The van der Waals surface area contributed by atoms with Crippen LogP contribution in [-0.4, -0.2) is 59.8 Å². The van der Waals surface area contributed by atoms with E-state index in [1.807, 2.05) is 103 Å². The van der Waals surface area contributed by atoms with E-state index in [0.29, 0.717) is 57.4 Å². The Kier molecular flexibility index (Phi) is 13.9. The maximum Gasteiger partial charge on any atom is 0.164 e. The number of benzene rings is 8. The standard InChI is InChI=1S/C88H70N12O/c1-86(2,3)53-30-22-49(23-31-53)74-66-40-42-68(89-66)75(50-24-32-54(33-25-50)87(4,5)6)70-44-46-72(91-70)77(73-47-45-71(92-73)76(69-43-41-67(74)90-69)51-26-34-55(35-27-51)88(7,8)9)52-28-36-56(37-29-52)101-57-38-39-64-65(48-57)85-99-83-63-21-15-14-20-62(63)81(97-83)95-79-59-17-11-10-16-58(59)78(93-79)94-80-60-18-12-13-19-61(60)82(96-80)98-84(64)100-85/h10-48,89,92H,1-9H3,(H2,93,94,95,96,97,98,99,100). The first kappa shape index (κ1) is 60.9. The van der Waals surface area contributed by atoms with Gasteiger partial charge in [0, 0.05) is 88.1 Å². The fourth-order valence-electron chi connectivity index (χ4n) is 14.3. The van der Waals surface area contributed by atoms with Gasteiger partial charge in [-0.25, -0.2) is 39.9 Å². The predicted molar refractivity (Wildman–Crippen MR) is 413 cm³/mol. The zero-order chi connectivity index (χ0) is 68.6. The Morgan fingerprint density at radius 2 is 0.545 bits per heavy atom. The molecule has 0 atom stereocenters. The first-order chi connectivity index (χ1) is 48.9. The number of hydrogen-bond acceptors (Lipinski definition) is 9. The van der Waals surface area contributed by atoms with Crippen molar-refractivity contribution in [1.29, 1.82) is 0 Å². The molecule has 0 saturated heterocycles. The van der Waals surface area contributed by atoms with Crippen molar-refractivity contribution < 1.29 is 4.74 Å². The number of H-pyrrole nitrogens is 4. The lowest BCUT2D eigenvalue weighted by molar-refractivity contribution is 0.483. The Labute approximate surface area is 583 Å². The lowest BCUT2D eigenvalue weighted by Gasteiger charge is -2.19. The van der Waals surface area contributed by atoms with Crippen LogP contribution in [0.2, 0.25) is 0 Å². The number of nitrogens with one attached hydrogen (secondary N) is 4. The molecule has 0 saturated carbocycles. The van der Waals surface area contributed by atoms with Crippen LogP contribution in [0.15, 0.2) is 212 Å². The van der Waals surface area contributed by atoms with E-state index in [1.54, 1.807) is 0 Å². The van der Waals surface area contributed by atoms with E-state index in [0.717, 1.165) is 133 Å². The summed E-state index contributed by atoms with van der Waals surface area (Å²) in [6.45, 7) is 20.3. The maximum absolute atomic E-state index is 6.88. The average Bonchev–Trinajstić information content (AvgIpc) is 1.64. The summed E-state index contributed by atoms with van der Waals surface area (Å²) in [6.07, 6.45) is 8.63. The van der Waals surface area contributed by atoms with Crippen LogP contribution >= 0.6 is 0 Å². The summed E-state index contributed by atoms with van der Waals surface area (Å²) in [7, 11) is 0. The van der Waals surface area contributed by atoms with Crippen molar-refractivity contribution in [3.63, 3.8) is 0 Å². The second-order valence-corrected chi connectivity index (χ2v) is 29.6. The van der Waals surface area contributed by atoms with Gasteiger partial charge in [0.1, 0.15) is 34.1 Å². The molecule has 13 nitrogen and oxygen atoms in total. The van der Waals surface area contributed by atoms with E-state index in [9.17, 15) is 0 Å². The highest BCUT2D eigenvalue weighted by Crippen LogP contribution is 2.43. The van der Waals surface area contributed by atoms with Gasteiger partial charge in [0.2, 0.25) is 0 Å². The predicted octanol–water partition coefficient (Wildman–Crippen LogP) is 22.2. The Hall–Kier alpha value is -12.5. The van der Waals surface area contributed by atoms with E-state index in [-0.39, 0.29) is 16.2 Å². The number of rotatable bonds is 6. The van der Waals surface area contributed by atoms with Crippen LogP contribution in [0.1, 0.15) is 102 Å². The van der Waals surface area contributed by atoms with E-state index < -0.39 is 0 Å². The molecule has 0 amide bonds. The minimum absolute atomic E-state index is 0.0163. The van der Waals surface area contributed by atoms with Crippen LogP contribution in [0, 0.1) is 0 Å². The number of hydrogen-bond donors (Lipinski definition) is 4. The summed E-state index contributed by atoms with van der Waals surface area (Å²) in [4.78, 5) is 57.5. The molecule has 4 N–H and O–H groups in total. The van der Waals surface area contributed by atoms with Gasteiger partial charge in [-0.1, -0.05) is 220 Å². The van der Waals surface area contributed by atoms with Crippen LogP contribution in [0.25, 0.3) is 181 Å². The fraction of sp³-hybridized carbons (Fsp3) is 0.136. The first-order valence-corrected chi connectivity index (χ1v) is 34.4. The van der Waals surface area contributed by atoms with E-state index >= 15 is 0 Å². The van der Waals surface area contributed by atoms with Gasteiger partial charge in [-0.15, -0.1) is 0 Å². The molecule has 0 fully saturated rings. The molecule has 13 heteroatoms. The molecule has 4 aliphatic heterocycles. The number of aromatic amines is 4. The lowest BCUT2D eigenvalue weighted by atomic mass is 9.86. The molecule has 0 spiro atoms. The van der Waals surface area contributed by atoms with Crippen molar-refractivity contribution in [2.75, 3.05) is 0 Å². The Morgan fingerprint density at radius 1 is 0.257 bits per heavy atom. The third kappa shape index (κ3) is 10.8. The van der Waals surface area contributed by atoms with Crippen molar-refractivity contribution in [2.45, 2.75) is 78.6 Å². The molecule has 101 heavy (non-hydrogen) atoms. The molecule has 6 aromatic heterocycles. The largest absolute Gasteiger partial charge is 0.457 e. The minimum atomic E-state index is -0.0348. The van der Waals surface area contributed by atoms with Gasteiger partial charge in [-0.05, 0) is 134 Å². The van der Waals surface area contributed by atoms with Crippen molar-refractivity contribution in [1.82, 2.24) is 59.8 Å². The van der Waals surface area contributed by atoms with Crippen LogP contribution in [0.4, 0.5) is 0 Å². The summed E-state index contributed by atoms with van der Waals surface area (Å²) < 4.78 is 6.88. The number of ether oxygens (including phenoxy) is 1. The highest BCUT2D eigenvalue weighted by atomic mass is 16.5. The van der Waals surface area contributed by atoms with Gasteiger partial charge in [0.15, 0.2) is 23.3 Å². The number of fused-ring (bicyclic) bond motifs is 28. The fourth-order valence-corrected chi connectivity index (χ4v) is 14.3. The Bertz CT molecular complexity index is 6140. The lowest BCUT2D eigenvalue weighted by Crippen LogP contribution is -2.10. The molecule has 0 radical (unpaired) electrons. The summed E-state index contributed by atoms with van der Waals surface area (Å²) in [5.74, 6) is 3.36. The van der Waals surface area contributed by atoms with Crippen LogP contribution < -0.4 is 4.74 Å². The quantitative estimate of drug-likeness (QED) is 0.126. The van der Waals surface area contributed by atoms with E-state index in [4.69, 9.17) is 44.6 Å². The highest BCUT2D eigenvalue weighted by molar-refractivity contribution is 6.07. The van der Waals surface area contributed by atoms with Gasteiger partial charge in [0.25, 0.3) is 0 Å². The topological polar surface area (TPSA) is 176 Å². The van der Waals surface area contributed by atoms with Crippen LogP contribution in [-0.2, 0) is 16.2 Å². The molecule has 488 valence electrons. The SMILES string of the molecule is CC(C)(C)c1ccc(-c2c3nc(c(-c4ccc(C(C)(C)C)cc4)c4ccc([nH]4)c(-c4ccc(C(C)(C)C)cc4)c4nc(c(-c5ccc(Oc6ccc7c8nc9nc(nc%10[nH]c(nc%11nc(nc([nH]8)c7c6)-c6ccccc6-%11)c6ccccc%106)-c6ccccc6-9)cc5)c5ccc2[nH]5)C=C4)C=C3)cc1. The maximum atomic E-state index is 6.88. The molecular formula is C88H70N12O. The second-order valence-electron chi connectivity index (χ2n) is 29.6. The van der Waals surface area contributed by atoms with Gasteiger partial charge in [-0.3, -0.25) is 0 Å². The minimum Gasteiger partial charge on any atom is -0.457 e. The molecule has 16 bridgehead atoms. The smallest absolute Gasteiger partial charge is 0.164 e. The zero-order valence-electron chi connectivity index (χ0n) is 57.5. The van der Waals surface area contributed by atoms with Gasteiger partial charge in [0.05, 0.1) is 22.8 Å². The van der Waals surface area contributed by atoms with Crippen LogP contribution in [0.5, 0.6) is 11.5 Å².